The molecule has 4 heteroatoms. The molecule has 0 amide bonds. The van der Waals surface area contributed by atoms with Crippen LogP contribution >= 0.6 is 0 Å². The van der Waals surface area contributed by atoms with E-state index in [1.807, 2.05) is 6.92 Å². The highest BCUT2D eigenvalue weighted by Gasteiger charge is 2.26. The summed E-state index contributed by atoms with van der Waals surface area (Å²) in [5.41, 5.74) is -0.350. The first-order chi connectivity index (χ1) is 9.41. The largest absolute Gasteiger partial charge is 0.300 e. The molecule has 0 aliphatic carbocycles. The van der Waals surface area contributed by atoms with E-state index >= 15 is 0 Å². The first kappa shape index (κ1) is 17.4. The molecule has 0 aromatic heterocycles. The van der Waals surface area contributed by atoms with Gasteiger partial charge in [0, 0.05) is 25.2 Å². The van der Waals surface area contributed by atoms with Crippen molar-refractivity contribution in [1.82, 2.24) is 15.1 Å². The quantitative estimate of drug-likeness (QED) is 0.725. The van der Waals surface area contributed by atoms with Gasteiger partial charge in [-0.2, -0.15) is 5.26 Å². The van der Waals surface area contributed by atoms with Gasteiger partial charge >= 0.3 is 0 Å². The summed E-state index contributed by atoms with van der Waals surface area (Å²) in [5.74, 6) is 0. The van der Waals surface area contributed by atoms with Crippen LogP contribution in [0.4, 0.5) is 0 Å². The average molecular weight is 280 g/mol. The second-order valence-corrected chi connectivity index (χ2v) is 6.55. The number of nitrogens with one attached hydrogen (secondary N) is 1. The molecule has 3 unspecified atom stereocenters. The minimum atomic E-state index is -0.350. The van der Waals surface area contributed by atoms with Crippen molar-refractivity contribution in [2.24, 2.45) is 0 Å². The van der Waals surface area contributed by atoms with Gasteiger partial charge in [-0.3, -0.25) is 10.2 Å². The van der Waals surface area contributed by atoms with Crippen molar-refractivity contribution in [3.8, 4) is 6.07 Å². The third-order valence-corrected chi connectivity index (χ3v) is 4.65. The van der Waals surface area contributed by atoms with Crippen LogP contribution in [0.25, 0.3) is 0 Å². The molecule has 0 aromatic rings. The lowest BCUT2D eigenvalue weighted by Gasteiger charge is -2.42. The Morgan fingerprint density at radius 2 is 1.85 bits per heavy atom. The van der Waals surface area contributed by atoms with E-state index in [1.54, 1.807) is 0 Å². The van der Waals surface area contributed by atoms with Crippen molar-refractivity contribution in [3.05, 3.63) is 0 Å². The molecule has 1 saturated heterocycles. The number of piperazine rings is 1. The Kier molecular flexibility index (Phi) is 6.94. The van der Waals surface area contributed by atoms with Gasteiger partial charge in [-0.1, -0.05) is 6.92 Å². The van der Waals surface area contributed by atoms with Crippen LogP contribution in [0, 0.1) is 11.3 Å². The highest BCUT2D eigenvalue weighted by molar-refractivity contribution is 5.03. The number of nitriles is 1. The van der Waals surface area contributed by atoms with Gasteiger partial charge in [0.05, 0.1) is 6.07 Å². The van der Waals surface area contributed by atoms with Crippen LogP contribution in [-0.2, 0) is 0 Å². The van der Waals surface area contributed by atoms with E-state index in [2.05, 4.69) is 49.0 Å². The highest BCUT2D eigenvalue weighted by atomic mass is 15.3. The third-order valence-electron chi connectivity index (χ3n) is 4.65. The summed E-state index contributed by atoms with van der Waals surface area (Å²) in [4.78, 5) is 5.04. The van der Waals surface area contributed by atoms with E-state index in [0.717, 1.165) is 25.9 Å². The Hall–Kier alpha value is -0.630. The fourth-order valence-electron chi connectivity index (χ4n) is 3.08. The molecule has 0 aromatic carbocycles. The summed E-state index contributed by atoms with van der Waals surface area (Å²) in [6.07, 6.45) is 3.24. The Morgan fingerprint density at radius 3 is 2.35 bits per heavy atom. The molecule has 1 fully saturated rings. The van der Waals surface area contributed by atoms with Crippen molar-refractivity contribution < 1.29 is 0 Å². The van der Waals surface area contributed by atoms with E-state index in [0.29, 0.717) is 12.1 Å². The molecule has 1 heterocycles. The second kappa shape index (κ2) is 7.97. The maximum Gasteiger partial charge on any atom is 0.103 e. The molecule has 4 nitrogen and oxygen atoms in total. The number of unbranched alkanes of at least 4 members (excludes halogenated alkanes) is 1. The van der Waals surface area contributed by atoms with Crippen LogP contribution < -0.4 is 5.32 Å². The smallest absolute Gasteiger partial charge is 0.103 e. The summed E-state index contributed by atoms with van der Waals surface area (Å²) >= 11 is 0. The predicted molar refractivity (Wildman–Crippen MR) is 84.7 cm³/mol. The maximum absolute atomic E-state index is 9.23. The molecule has 1 rings (SSSR count). The van der Waals surface area contributed by atoms with Gasteiger partial charge in [0.1, 0.15) is 5.54 Å². The number of nitrogens with zero attached hydrogens (tertiary/aromatic N) is 3. The molecule has 1 aliphatic heterocycles. The van der Waals surface area contributed by atoms with Crippen LogP contribution in [0.3, 0.4) is 0 Å². The van der Waals surface area contributed by atoms with Crippen molar-refractivity contribution in [2.45, 2.75) is 64.6 Å². The van der Waals surface area contributed by atoms with Crippen molar-refractivity contribution in [3.63, 3.8) is 0 Å². The van der Waals surface area contributed by atoms with Crippen molar-refractivity contribution in [1.29, 1.82) is 5.26 Å². The molecule has 0 radical (unpaired) electrons. The van der Waals surface area contributed by atoms with E-state index in [9.17, 15) is 5.26 Å². The van der Waals surface area contributed by atoms with Gasteiger partial charge in [0.2, 0.25) is 0 Å². The van der Waals surface area contributed by atoms with E-state index in [4.69, 9.17) is 0 Å². The lowest BCUT2D eigenvalue weighted by atomic mass is 9.96. The summed E-state index contributed by atoms with van der Waals surface area (Å²) in [7, 11) is 2.22. The highest BCUT2D eigenvalue weighted by Crippen LogP contribution is 2.16. The number of hydrogen-bond donors (Lipinski definition) is 1. The van der Waals surface area contributed by atoms with Crippen LogP contribution in [0.15, 0.2) is 0 Å². The summed E-state index contributed by atoms with van der Waals surface area (Å²) in [6.45, 7) is 13.0. The molecule has 20 heavy (non-hydrogen) atoms. The van der Waals surface area contributed by atoms with Gasteiger partial charge in [-0.05, 0) is 60.2 Å². The number of likely N-dealkylation sites (N-methyl/N-ethyl adjacent to an activating group) is 1. The third kappa shape index (κ3) is 5.05. The van der Waals surface area contributed by atoms with Crippen LogP contribution in [-0.4, -0.2) is 60.6 Å². The molecule has 0 saturated carbocycles. The SMILES string of the molecule is CCNC(C)(C#N)CCCCN1CC(C)N(C)C(C)C1. The predicted octanol–water partition coefficient (Wildman–Crippen LogP) is 2.07. The Morgan fingerprint density at radius 1 is 1.25 bits per heavy atom. The first-order valence-corrected chi connectivity index (χ1v) is 8.02. The topological polar surface area (TPSA) is 42.3 Å². The van der Waals surface area contributed by atoms with Gasteiger partial charge in [0.25, 0.3) is 0 Å². The number of hydrogen-bond acceptors (Lipinski definition) is 4. The fourth-order valence-corrected chi connectivity index (χ4v) is 3.08. The van der Waals surface area contributed by atoms with Crippen molar-refractivity contribution in [2.75, 3.05) is 33.2 Å². The standard InChI is InChI=1S/C16H32N4/c1-6-18-16(4,13-17)9-7-8-10-20-11-14(2)19(5)15(3)12-20/h14-15,18H,6-12H2,1-5H3. The summed E-state index contributed by atoms with van der Waals surface area (Å²) in [6, 6.07) is 3.69. The molecule has 1 aliphatic rings. The van der Waals surface area contributed by atoms with Crippen LogP contribution in [0.1, 0.15) is 47.0 Å². The molecule has 3 atom stereocenters. The first-order valence-electron chi connectivity index (χ1n) is 8.02. The van der Waals surface area contributed by atoms with Gasteiger partial charge in [0.15, 0.2) is 0 Å². The van der Waals surface area contributed by atoms with Crippen molar-refractivity contribution >= 4 is 0 Å². The average Bonchev–Trinajstić information content (AvgIpc) is 2.41. The second-order valence-electron chi connectivity index (χ2n) is 6.55. The molecule has 116 valence electrons. The fraction of sp³-hybridized carbons (Fsp3) is 0.938. The molecule has 0 bridgehead atoms. The van der Waals surface area contributed by atoms with E-state index < -0.39 is 0 Å². The maximum atomic E-state index is 9.23. The van der Waals surface area contributed by atoms with Gasteiger partial charge < -0.3 is 4.90 Å². The zero-order valence-corrected chi connectivity index (χ0v) is 13.9. The van der Waals surface area contributed by atoms with Crippen LogP contribution in [0.2, 0.25) is 0 Å². The zero-order chi connectivity index (χ0) is 15.2. The monoisotopic (exact) mass is 280 g/mol. The Labute approximate surface area is 125 Å². The lowest BCUT2D eigenvalue weighted by molar-refractivity contribution is 0.0589. The van der Waals surface area contributed by atoms with E-state index in [1.165, 1.54) is 19.5 Å². The molecular weight excluding hydrogens is 248 g/mol. The lowest BCUT2D eigenvalue weighted by Crippen LogP contribution is -2.54. The molecular formula is C16H32N4. The summed E-state index contributed by atoms with van der Waals surface area (Å²) < 4.78 is 0. The minimum Gasteiger partial charge on any atom is -0.300 e. The Balaban J connectivity index is 2.26. The summed E-state index contributed by atoms with van der Waals surface area (Å²) in [5, 5.41) is 12.5. The number of rotatable bonds is 7. The Bertz CT molecular complexity index is 313. The van der Waals surface area contributed by atoms with Gasteiger partial charge in [-0.25, -0.2) is 0 Å². The van der Waals surface area contributed by atoms with Crippen LogP contribution in [0.5, 0.6) is 0 Å². The normalized spacial score (nSPS) is 28.0. The van der Waals surface area contributed by atoms with Gasteiger partial charge in [-0.15, -0.1) is 0 Å². The minimum absolute atomic E-state index is 0.350. The zero-order valence-electron chi connectivity index (χ0n) is 13.9. The molecule has 0 spiro atoms. The van der Waals surface area contributed by atoms with E-state index in [-0.39, 0.29) is 5.54 Å². The molecule has 1 N–H and O–H groups in total.